The van der Waals surface area contributed by atoms with Crippen LogP contribution in [0.15, 0.2) is 70.3 Å². The summed E-state index contributed by atoms with van der Waals surface area (Å²) in [4.78, 5) is 4.52. The Morgan fingerprint density at radius 3 is 2.57 bits per heavy atom. The van der Waals surface area contributed by atoms with Crippen LogP contribution in [-0.4, -0.2) is 13.4 Å². The molecule has 0 aliphatic heterocycles. The molecule has 0 spiro atoms. The van der Waals surface area contributed by atoms with Crippen LogP contribution in [0, 0.1) is 6.92 Å². The second-order valence-corrected chi connectivity index (χ2v) is 6.89. The number of aromatic nitrogens is 1. The van der Waals surface area contributed by atoms with Gasteiger partial charge in [0.05, 0.1) is 11.2 Å². The van der Waals surface area contributed by atoms with Gasteiger partial charge in [-0.3, -0.25) is 4.98 Å². The lowest BCUT2D eigenvalue weighted by atomic mass is 10.1. The van der Waals surface area contributed by atoms with Gasteiger partial charge in [-0.15, -0.1) is 0 Å². The minimum Gasteiger partial charge on any atom is -0.463 e. The third-order valence-electron chi connectivity index (χ3n) is 3.43. The van der Waals surface area contributed by atoms with Gasteiger partial charge in [0.15, 0.2) is 5.76 Å². The van der Waals surface area contributed by atoms with E-state index in [0.29, 0.717) is 11.5 Å². The zero-order valence-electron chi connectivity index (χ0n) is 12.6. The van der Waals surface area contributed by atoms with E-state index in [2.05, 4.69) is 9.71 Å². The molecule has 1 aromatic carbocycles. The first-order valence-electron chi connectivity index (χ1n) is 7.10. The number of hydrogen-bond acceptors (Lipinski definition) is 4. The van der Waals surface area contributed by atoms with Crippen molar-refractivity contribution in [2.24, 2.45) is 0 Å². The van der Waals surface area contributed by atoms with E-state index in [-0.39, 0.29) is 11.4 Å². The molecule has 0 fully saturated rings. The molecule has 3 aromatic rings. The Kier molecular flexibility index (Phi) is 4.27. The summed E-state index contributed by atoms with van der Waals surface area (Å²) in [5, 5.41) is 0. The molecule has 118 valence electrons. The van der Waals surface area contributed by atoms with Crippen molar-refractivity contribution in [3.63, 3.8) is 0 Å². The number of rotatable bonds is 5. The average Bonchev–Trinajstić information content (AvgIpc) is 3.08. The van der Waals surface area contributed by atoms with Crippen molar-refractivity contribution in [2.75, 3.05) is 0 Å². The highest BCUT2D eigenvalue weighted by molar-refractivity contribution is 7.89. The molecule has 0 atom stereocenters. The Morgan fingerprint density at radius 2 is 1.87 bits per heavy atom. The summed E-state index contributed by atoms with van der Waals surface area (Å²) in [6.07, 6.45) is 3.21. The summed E-state index contributed by atoms with van der Waals surface area (Å²) >= 11 is 0. The lowest BCUT2D eigenvalue weighted by Gasteiger charge is -2.09. The highest BCUT2D eigenvalue weighted by Crippen LogP contribution is 2.22. The Labute approximate surface area is 135 Å². The maximum Gasteiger partial charge on any atom is 0.240 e. The predicted octanol–water partition coefficient (Wildman–Crippen LogP) is 3.13. The van der Waals surface area contributed by atoms with Crippen LogP contribution in [0.4, 0.5) is 0 Å². The fourth-order valence-electron chi connectivity index (χ4n) is 2.19. The molecule has 2 aromatic heterocycles. The molecule has 0 unspecified atom stereocenters. The quantitative estimate of drug-likeness (QED) is 0.781. The van der Waals surface area contributed by atoms with Crippen LogP contribution in [0.5, 0.6) is 0 Å². The molecular formula is C17H16N2O3S. The third kappa shape index (κ3) is 3.49. The molecule has 1 N–H and O–H groups in total. The molecular weight excluding hydrogens is 312 g/mol. The van der Waals surface area contributed by atoms with Crippen molar-refractivity contribution >= 4 is 10.0 Å². The van der Waals surface area contributed by atoms with Crippen molar-refractivity contribution in [3.05, 3.63) is 72.1 Å². The standard InChI is InChI=1S/C17H16N2O3S/c1-13-6-8-15(9-7-13)23(20,21)19-12-14-4-2-10-18-17(14)16-5-3-11-22-16/h2-11,19H,12H2,1H3. The molecule has 0 saturated heterocycles. The van der Waals surface area contributed by atoms with Crippen molar-refractivity contribution in [2.45, 2.75) is 18.4 Å². The van der Waals surface area contributed by atoms with E-state index in [4.69, 9.17) is 4.42 Å². The number of aryl methyl sites for hydroxylation is 1. The van der Waals surface area contributed by atoms with Gasteiger partial charge < -0.3 is 4.42 Å². The normalized spacial score (nSPS) is 11.5. The molecule has 0 radical (unpaired) electrons. The monoisotopic (exact) mass is 328 g/mol. The number of nitrogens with zero attached hydrogens (tertiary/aromatic N) is 1. The number of hydrogen-bond donors (Lipinski definition) is 1. The lowest BCUT2D eigenvalue weighted by Crippen LogP contribution is -2.23. The molecule has 3 rings (SSSR count). The number of nitrogens with one attached hydrogen (secondary N) is 1. The first kappa shape index (κ1) is 15.5. The average molecular weight is 328 g/mol. The molecule has 0 aliphatic carbocycles. The summed E-state index contributed by atoms with van der Waals surface area (Å²) < 4.78 is 32.7. The molecule has 0 aliphatic rings. The maximum absolute atomic E-state index is 12.4. The van der Waals surface area contributed by atoms with Crippen LogP contribution in [0.2, 0.25) is 0 Å². The molecule has 6 heteroatoms. The van der Waals surface area contributed by atoms with Crippen molar-refractivity contribution in [3.8, 4) is 11.5 Å². The van der Waals surface area contributed by atoms with E-state index in [1.807, 2.05) is 13.0 Å². The first-order valence-corrected chi connectivity index (χ1v) is 8.59. The minimum atomic E-state index is -3.57. The SMILES string of the molecule is Cc1ccc(S(=O)(=O)NCc2cccnc2-c2ccco2)cc1. The Morgan fingerprint density at radius 1 is 1.09 bits per heavy atom. The van der Waals surface area contributed by atoms with Gasteiger partial charge in [-0.2, -0.15) is 0 Å². The van der Waals surface area contributed by atoms with Crippen LogP contribution in [-0.2, 0) is 16.6 Å². The van der Waals surface area contributed by atoms with E-state index in [9.17, 15) is 8.42 Å². The minimum absolute atomic E-state index is 0.139. The highest BCUT2D eigenvalue weighted by Gasteiger charge is 2.15. The van der Waals surface area contributed by atoms with Crippen LogP contribution in [0.25, 0.3) is 11.5 Å². The zero-order chi connectivity index (χ0) is 16.3. The van der Waals surface area contributed by atoms with E-state index in [1.165, 1.54) is 0 Å². The van der Waals surface area contributed by atoms with E-state index in [1.54, 1.807) is 54.9 Å². The van der Waals surface area contributed by atoms with Crippen molar-refractivity contribution in [1.82, 2.24) is 9.71 Å². The van der Waals surface area contributed by atoms with E-state index in [0.717, 1.165) is 11.1 Å². The third-order valence-corrected chi connectivity index (χ3v) is 4.85. The Bertz CT molecular complexity index is 886. The molecule has 0 bridgehead atoms. The van der Waals surface area contributed by atoms with E-state index < -0.39 is 10.0 Å². The van der Waals surface area contributed by atoms with Gasteiger partial charge in [0, 0.05) is 12.7 Å². The van der Waals surface area contributed by atoms with Crippen molar-refractivity contribution < 1.29 is 12.8 Å². The molecule has 2 heterocycles. The number of pyridine rings is 1. The number of sulfonamides is 1. The second-order valence-electron chi connectivity index (χ2n) is 5.13. The summed E-state index contributed by atoms with van der Waals surface area (Å²) in [6, 6.07) is 13.9. The van der Waals surface area contributed by atoms with Crippen LogP contribution in [0.3, 0.4) is 0 Å². The van der Waals surface area contributed by atoms with Crippen molar-refractivity contribution in [1.29, 1.82) is 0 Å². The maximum atomic E-state index is 12.4. The van der Waals surface area contributed by atoms with Gasteiger partial charge in [0.25, 0.3) is 0 Å². The predicted molar refractivity (Wildman–Crippen MR) is 87.1 cm³/mol. The highest BCUT2D eigenvalue weighted by atomic mass is 32.2. The fourth-order valence-corrected chi connectivity index (χ4v) is 3.20. The summed E-state index contributed by atoms with van der Waals surface area (Å²) in [7, 11) is -3.57. The topological polar surface area (TPSA) is 72.2 Å². The van der Waals surface area contributed by atoms with Gasteiger partial charge in [0.2, 0.25) is 10.0 Å². The first-order chi connectivity index (χ1) is 11.1. The fraction of sp³-hybridized carbons (Fsp3) is 0.118. The lowest BCUT2D eigenvalue weighted by molar-refractivity contribution is 0.575. The number of benzene rings is 1. The Hall–Kier alpha value is -2.44. The summed E-state index contributed by atoms with van der Waals surface area (Å²) in [5.41, 5.74) is 2.39. The van der Waals surface area contributed by atoms with Crippen LogP contribution in [0.1, 0.15) is 11.1 Å². The second kappa shape index (κ2) is 6.36. The van der Waals surface area contributed by atoms with Gasteiger partial charge in [-0.05, 0) is 42.8 Å². The Balaban J connectivity index is 1.82. The van der Waals surface area contributed by atoms with Crippen LogP contribution >= 0.6 is 0 Å². The summed E-state index contributed by atoms with van der Waals surface area (Å²) in [5.74, 6) is 0.607. The smallest absolute Gasteiger partial charge is 0.240 e. The molecule has 5 nitrogen and oxygen atoms in total. The molecule has 0 amide bonds. The molecule has 0 saturated carbocycles. The van der Waals surface area contributed by atoms with Gasteiger partial charge in [0.1, 0.15) is 5.69 Å². The largest absolute Gasteiger partial charge is 0.463 e. The molecule has 23 heavy (non-hydrogen) atoms. The summed E-state index contributed by atoms with van der Waals surface area (Å²) in [6.45, 7) is 2.05. The van der Waals surface area contributed by atoms with Gasteiger partial charge in [-0.25, -0.2) is 13.1 Å². The zero-order valence-corrected chi connectivity index (χ0v) is 13.4. The van der Waals surface area contributed by atoms with Crippen LogP contribution < -0.4 is 4.72 Å². The van der Waals surface area contributed by atoms with E-state index >= 15 is 0 Å². The van der Waals surface area contributed by atoms with Gasteiger partial charge in [-0.1, -0.05) is 23.8 Å². The number of furan rings is 1. The van der Waals surface area contributed by atoms with Gasteiger partial charge >= 0.3 is 0 Å².